The minimum atomic E-state index is -5.64. The number of unbranched alkanes of at least 4 members (excludes halogenated alkanes) is 1. The number of carbonyl (C=O) groups excluding carboxylic acids is 2. The molecule has 3 heterocycles. The van der Waals surface area contributed by atoms with E-state index in [9.17, 15) is 33.1 Å². The molecule has 0 bridgehead atoms. The topological polar surface area (TPSA) is 249 Å². The fraction of sp³-hybridized carbons (Fsp3) is 0.926. The third-order valence-corrected chi connectivity index (χ3v) is 17.1. The Labute approximate surface area is 304 Å². The predicted octanol–water partition coefficient (Wildman–Crippen LogP) is 4.80. The van der Waals surface area contributed by atoms with E-state index in [1.54, 1.807) is 10.8 Å². The molecule has 6 unspecified atom stereocenters. The van der Waals surface area contributed by atoms with E-state index < -0.39 is 42.3 Å². The molecule has 0 aromatic rings. The van der Waals surface area contributed by atoms with E-state index in [-0.39, 0.29) is 46.7 Å². The van der Waals surface area contributed by atoms with Crippen LogP contribution < -0.4 is 16.0 Å². The van der Waals surface area contributed by atoms with Crippen molar-refractivity contribution in [2.45, 2.75) is 125 Å². The summed E-state index contributed by atoms with van der Waals surface area (Å²) in [5, 5.41) is 9.32. The normalized spacial score (nSPS) is 30.2. The Kier molecular flexibility index (Phi) is 16.4. The van der Waals surface area contributed by atoms with Crippen LogP contribution in [-0.2, 0) is 41.1 Å². The average Bonchev–Trinajstić information content (AvgIpc) is 3.60. The highest BCUT2D eigenvalue weighted by atomic mass is 33.1. The van der Waals surface area contributed by atoms with Crippen LogP contribution in [-0.4, -0.2) is 96.7 Å². The molecule has 3 aliphatic heterocycles. The van der Waals surface area contributed by atoms with Crippen LogP contribution >= 0.6 is 56.8 Å². The van der Waals surface area contributed by atoms with Gasteiger partial charge in [0.2, 0.25) is 5.91 Å². The van der Waals surface area contributed by atoms with Crippen molar-refractivity contribution in [3.8, 4) is 0 Å². The van der Waals surface area contributed by atoms with Crippen molar-refractivity contribution in [2.24, 2.45) is 5.92 Å². The highest BCUT2D eigenvalue weighted by molar-refractivity contribution is 8.77. The van der Waals surface area contributed by atoms with Gasteiger partial charge in [-0.15, -0.1) is 0 Å². The maximum atomic E-state index is 12.5. The molecule has 290 valence electrons. The number of nitrogens with one attached hydrogen (secondary N) is 3. The Balaban J connectivity index is 1.18. The van der Waals surface area contributed by atoms with Gasteiger partial charge in [-0.05, 0) is 45.4 Å². The maximum absolute atomic E-state index is 12.5. The standard InChI is InChI=1S/C27H50N3O14P3S3/c1-27(2,16-28-24(31)12-8-7-11-23-25-19(15-48-23)29-26(32)30-25)50-49-17-40-21-13-20(18-9-5-3-4-6-10-18)42-22(21)14-41-46(36,37)44-47(38,39)43-45(33,34)35/h18-23,25H,3-17H2,1-2H3,(H,28,31)(H,36,37)(H,38,39)(H2,29,30,32)(H2,33,34,35)/t19?,20-,21?,22-,23?,25?/m1/s1. The van der Waals surface area contributed by atoms with Gasteiger partial charge in [-0.1, -0.05) is 53.7 Å². The first-order chi connectivity index (χ1) is 23.4. The van der Waals surface area contributed by atoms with Gasteiger partial charge in [-0.2, -0.15) is 20.4 Å². The van der Waals surface area contributed by atoms with E-state index in [1.165, 1.54) is 10.8 Å². The molecule has 0 spiro atoms. The fourth-order valence-corrected chi connectivity index (χ4v) is 13.3. The van der Waals surface area contributed by atoms with Crippen molar-refractivity contribution in [3.63, 3.8) is 0 Å². The molecule has 3 saturated heterocycles. The second-order valence-electron chi connectivity index (χ2n) is 13.5. The minimum absolute atomic E-state index is 0.0146. The van der Waals surface area contributed by atoms with E-state index in [4.69, 9.17) is 23.8 Å². The summed E-state index contributed by atoms with van der Waals surface area (Å²) in [4.78, 5) is 61.1. The summed E-state index contributed by atoms with van der Waals surface area (Å²) in [6, 6.07) is 0.258. The smallest absolute Gasteiger partial charge is 0.369 e. The van der Waals surface area contributed by atoms with Crippen LogP contribution in [0.3, 0.4) is 0 Å². The molecule has 0 aromatic heterocycles. The number of ether oxygens (including phenoxy) is 2. The number of thioether (sulfide) groups is 1. The number of hydrogen-bond acceptors (Lipinski definition) is 13. The molecule has 4 aliphatic rings. The van der Waals surface area contributed by atoms with Gasteiger partial charge in [-0.25, -0.2) is 18.5 Å². The highest BCUT2D eigenvalue weighted by Crippen LogP contribution is 2.66. The predicted molar refractivity (Wildman–Crippen MR) is 190 cm³/mol. The molecule has 4 fully saturated rings. The molecular weight excluding hydrogens is 779 g/mol. The Morgan fingerprint density at radius 3 is 2.46 bits per heavy atom. The SMILES string of the molecule is CC(C)(CNC(=O)CCCCC1SCC2NC(=O)NC21)SSCOC1C[C@H](C2CCCCCC2)O[C@@H]1COP(=O)(O)OP(=O)(O)OP(=O)(O)O. The third kappa shape index (κ3) is 14.7. The molecule has 4 rings (SSSR count). The summed E-state index contributed by atoms with van der Waals surface area (Å²) in [5.41, 5.74) is 0. The zero-order chi connectivity index (χ0) is 36.6. The molecule has 0 radical (unpaired) electrons. The quantitative estimate of drug-likeness (QED) is 0.0217. The number of urea groups is 1. The van der Waals surface area contributed by atoms with Crippen LogP contribution in [0.25, 0.3) is 0 Å². The van der Waals surface area contributed by atoms with Crippen LogP contribution in [0, 0.1) is 5.92 Å². The maximum Gasteiger partial charge on any atom is 0.490 e. The summed E-state index contributed by atoms with van der Waals surface area (Å²) in [6.45, 7) is 3.91. The lowest BCUT2D eigenvalue weighted by molar-refractivity contribution is -0.121. The van der Waals surface area contributed by atoms with Gasteiger partial charge in [0.05, 0.1) is 30.9 Å². The molecule has 50 heavy (non-hydrogen) atoms. The van der Waals surface area contributed by atoms with Crippen molar-refractivity contribution in [2.75, 3.05) is 24.8 Å². The lowest BCUT2D eigenvalue weighted by atomic mass is 9.91. The highest BCUT2D eigenvalue weighted by Gasteiger charge is 2.45. The number of amides is 3. The van der Waals surface area contributed by atoms with Gasteiger partial charge in [0.1, 0.15) is 12.0 Å². The van der Waals surface area contributed by atoms with Crippen LogP contribution in [0.5, 0.6) is 0 Å². The first kappa shape index (κ1) is 42.9. The summed E-state index contributed by atoms with van der Waals surface area (Å²) in [6.07, 6.45) is 8.38. The van der Waals surface area contributed by atoms with Crippen molar-refractivity contribution in [1.29, 1.82) is 0 Å². The molecule has 0 aromatic carbocycles. The molecular formula is C27H50N3O14P3S3. The van der Waals surface area contributed by atoms with Crippen LogP contribution in [0.2, 0.25) is 0 Å². The largest absolute Gasteiger partial charge is 0.490 e. The van der Waals surface area contributed by atoms with E-state index in [0.29, 0.717) is 24.6 Å². The average molecular weight is 830 g/mol. The van der Waals surface area contributed by atoms with E-state index in [2.05, 4.69) is 24.6 Å². The van der Waals surface area contributed by atoms with Crippen molar-refractivity contribution >= 4 is 68.8 Å². The van der Waals surface area contributed by atoms with Crippen LogP contribution in [0.4, 0.5) is 4.79 Å². The molecule has 1 aliphatic carbocycles. The molecule has 17 nitrogen and oxygen atoms in total. The second kappa shape index (κ2) is 19.1. The Bertz CT molecular complexity index is 1290. The van der Waals surface area contributed by atoms with Gasteiger partial charge in [0.25, 0.3) is 0 Å². The first-order valence-corrected chi connectivity index (χ1v) is 24.6. The Morgan fingerprint density at radius 2 is 1.76 bits per heavy atom. The summed E-state index contributed by atoms with van der Waals surface area (Å²) in [5.74, 6) is 1.40. The van der Waals surface area contributed by atoms with E-state index in [0.717, 1.165) is 63.5 Å². The molecule has 23 heteroatoms. The Morgan fingerprint density at radius 1 is 1.04 bits per heavy atom. The minimum Gasteiger partial charge on any atom is -0.369 e. The number of fused-ring (bicyclic) bond motifs is 1. The fourth-order valence-electron chi connectivity index (χ4n) is 6.53. The zero-order valence-electron chi connectivity index (χ0n) is 28.1. The van der Waals surface area contributed by atoms with Crippen LogP contribution in [0.15, 0.2) is 0 Å². The number of rotatable bonds is 20. The third-order valence-electron chi connectivity index (χ3n) is 8.88. The Hall–Kier alpha value is 0.120. The van der Waals surface area contributed by atoms with Crippen LogP contribution in [0.1, 0.15) is 84.5 Å². The van der Waals surface area contributed by atoms with Gasteiger partial charge >= 0.3 is 29.5 Å². The second-order valence-corrected chi connectivity index (χ2v) is 22.2. The molecule has 1 saturated carbocycles. The molecule has 3 amide bonds. The summed E-state index contributed by atoms with van der Waals surface area (Å²) < 4.78 is 59.6. The van der Waals surface area contributed by atoms with E-state index in [1.807, 2.05) is 25.6 Å². The monoisotopic (exact) mass is 829 g/mol. The van der Waals surface area contributed by atoms with Gasteiger partial charge in [0.15, 0.2) is 0 Å². The zero-order valence-corrected chi connectivity index (χ0v) is 33.2. The molecule has 8 atom stereocenters. The van der Waals surface area contributed by atoms with E-state index >= 15 is 0 Å². The number of phosphoric ester groups is 1. The van der Waals surface area contributed by atoms with Gasteiger partial charge in [-0.3, -0.25) is 9.32 Å². The van der Waals surface area contributed by atoms with Crippen molar-refractivity contribution in [3.05, 3.63) is 0 Å². The first-order valence-electron chi connectivity index (χ1n) is 16.7. The summed E-state index contributed by atoms with van der Waals surface area (Å²) >= 11 is 1.86. The van der Waals surface area contributed by atoms with Crippen molar-refractivity contribution in [1.82, 2.24) is 16.0 Å². The lowest BCUT2D eigenvalue weighted by Gasteiger charge is -2.25. The number of carbonyl (C=O) groups is 2. The molecule has 7 N–H and O–H groups in total. The summed E-state index contributed by atoms with van der Waals surface area (Å²) in [7, 11) is -13.5. The lowest BCUT2D eigenvalue weighted by Crippen LogP contribution is -2.37. The van der Waals surface area contributed by atoms with Gasteiger partial charge in [0, 0.05) is 35.1 Å². The number of hydrogen-bond donors (Lipinski definition) is 7. The van der Waals surface area contributed by atoms with Crippen molar-refractivity contribution < 1.29 is 65.5 Å². The number of phosphoric acid groups is 3. The van der Waals surface area contributed by atoms with Gasteiger partial charge < -0.3 is 45.0 Å².